The van der Waals surface area contributed by atoms with E-state index in [1.165, 1.54) is 36.2 Å². The van der Waals surface area contributed by atoms with Gasteiger partial charge in [-0.1, -0.05) is 29.3 Å². The van der Waals surface area contributed by atoms with Crippen LogP contribution in [0.2, 0.25) is 10.0 Å². The van der Waals surface area contributed by atoms with Gasteiger partial charge in [0.1, 0.15) is 11.2 Å². The van der Waals surface area contributed by atoms with Crippen molar-refractivity contribution >= 4 is 86.2 Å². The van der Waals surface area contributed by atoms with Crippen molar-refractivity contribution in [1.82, 2.24) is 14.7 Å². The van der Waals surface area contributed by atoms with E-state index in [2.05, 4.69) is 31.5 Å². The number of amides is 3. The SMILES string of the molecule is Cc1nc2c(OCc3c(Cl)ccc(N(C)C(=O)CNC(=O)Nc4cccc([N+](=O)[O-])c4)c3Cl)cccn2c1Br.Cl. The number of hydrogen-bond donors (Lipinski definition) is 2. The van der Waals surface area contributed by atoms with Crippen molar-refractivity contribution in [3.8, 4) is 5.75 Å². The molecule has 0 unspecified atom stereocenters. The van der Waals surface area contributed by atoms with Crippen LogP contribution >= 0.6 is 51.5 Å². The van der Waals surface area contributed by atoms with Crippen LogP contribution in [0.25, 0.3) is 5.65 Å². The maximum Gasteiger partial charge on any atom is 0.319 e. The van der Waals surface area contributed by atoms with Gasteiger partial charge in [0.05, 0.1) is 27.9 Å². The molecule has 2 aromatic carbocycles. The van der Waals surface area contributed by atoms with Crippen LogP contribution in [0.5, 0.6) is 5.75 Å². The van der Waals surface area contributed by atoms with E-state index in [0.717, 1.165) is 10.3 Å². The van der Waals surface area contributed by atoms with E-state index >= 15 is 0 Å². The molecular formula is C25H22BrCl3N6O5. The van der Waals surface area contributed by atoms with Crippen LogP contribution in [-0.2, 0) is 11.4 Å². The first-order chi connectivity index (χ1) is 18.6. The number of nitro benzene ring substituents is 1. The van der Waals surface area contributed by atoms with Crippen LogP contribution in [0.15, 0.2) is 59.3 Å². The average Bonchev–Trinajstić information content (AvgIpc) is 3.20. The van der Waals surface area contributed by atoms with Gasteiger partial charge in [0.15, 0.2) is 11.4 Å². The molecule has 0 bridgehead atoms. The molecule has 0 spiro atoms. The molecule has 3 amide bonds. The number of likely N-dealkylation sites (N-methyl/N-ethyl adjacent to an activating group) is 1. The minimum Gasteiger partial charge on any atom is -0.485 e. The summed E-state index contributed by atoms with van der Waals surface area (Å²) in [6.45, 7) is 1.52. The lowest BCUT2D eigenvalue weighted by Gasteiger charge is -2.21. The van der Waals surface area contributed by atoms with Crippen molar-refractivity contribution in [3.05, 3.63) is 90.7 Å². The Labute approximate surface area is 253 Å². The molecule has 210 valence electrons. The number of nitrogens with one attached hydrogen (secondary N) is 2. The lowest BCUT2D eigenvalue weighted by Crippen LogP contribution is -2.40. The zero-order chi connectivity index (χ0) is 28.3. The van der Waals surface area contributed by atoms with Gasteiger partial charge in [-0.3, -0.25) is 19.3 Å². The third-order valence-corrected chi connectivity index (χ3v) is 7.43. The highest BCUT2D eigenvalue weighted by Gasteiger charge is 2.20. The van der Waals surface area contributed by atoms with Crippen molar-refractivity contribution in [2.24, 2.45) is 0 Å². The Morgan fingerprint density at radius 1 is 1.20 bits per heavy atom. The molecule has 2 aromatic heterocycles. The number of nitro groups is 1. The summed E-state index contributed by atoms with van der Waals surface area (Å²) < 4.78 is 8.66. The lowest BCUT2D eigenvalue weighted by atomic mass is 10.2. The lowest BCUT2D eigenvalue weighted by molar-refractivity contribution is -0.384. The smallest absolute Gasteiger partial charge is 0.319 e. The van der Waals surface area contributed by atoms with Crippen molar-refractivity contribution in [3.63, 3.8) is 0 Å². The fraction of sp³-hybridized carbons (Fsp3) is 0.160. The van der Waals surface area contributed by atoms with E-state index in [1.54, 1.807) is 18.2 Å². The number of halogens is 4. The minimum absolute atomic E-state index is 0. The van der Waals surface area contributed by atoms with E-state index in [-0.39, 0.29) is 42.0 Å². The molecule has 0 saturated carbocycles. The van der Waals surface area contributed by atoms with Crippen molar-refractivity contribution < 1.29 is 19.2 Å². The number of rotatable bonds is 8. The zero-order valence-electron chi connectivity index (χ0n) is 21.0. The summed E-state index contributed by atoms with van der Waals surface area (Å²) in [7, 11) is 1.51. The van der Waals surface area contributed by atoms with Crippen LogP contribution in [0.4, 0.5) is 21.9 Å². The van der Waals surface area contributed by atoms with E-state index in [9.17, 15) is 19.7 Å². The Morgan fingerprint density at radius 2 is 1.95 bits per heavy atom. The molecule has 4 aromatic rings. The highest BCUT2D eigenvalue weighted by Crippen LogP contribution is 2.35. The molecule has 40 heavy (non-hydrogen) atoms. The van der Waals surface area contributed by atoms with Crippen molar-refractivity contribution in [2.45, 2.75) is 13.5 Å². The second kappa shape index (κ2) is 13.2. The molecule has 2 N–H and O–H groups in total. The summed E-state index contributed by atoms with van der Waals surface area (Å²) in [6.07, 6.45) is 1.85. The molecule has 0 aliphatic rings. The predicted octanol–water partition coefficient (Wildman–Crippen LogP) is 6.41. The topological polar surface area (TPSA) is 131 Å². The summed E-state index contributed by atoms with van der Waals surface area (Å²) in [6, 6.07) is 11.5. The number of aromatic nitrogens is 2. The summed E-state index contributed by atoms with van der Waals surface area (Å²) in [5.41, 5.74) is 2.29. The number of fused-ring (bicyclic) bond motifs is 1. The number of urea groups is 1. The van der Waals surface area contributed by atoms with Crippen LogP contribution in [0.3, 0.4) is 0 Å². The number of anilines is 2. The molecule has 0 radical (unpaired) electrons. The van der Waals surface area contributed by atoms with Crippen LogP contribution in [0, 0.1) is 17.0 Å². The first-order valence-electron chi connectivity index (χ1n) is 11.4. The molecule has 0 aliphatic heterocycles. The number of aryl methyl sites for hydroxylation is 1. The fourth-order valence-corrected chi connectivity index (χ4v) is 4.63. The van der Waals surface area contributed by atoms with Gasteiger partial charge in [0.25, 0.3) is 5.69 Å². The van der Waals surface area contributed by atoms with E-state index in [1.807, 2.05) is 23.6 Å². The van der Waals surface area contributed by atoms with Gasteiger partial charge in [-0.05, 0) is 53.2 Å². The molecule has 0 atom stereocenters. The molecule has 0 saturated heterocycles. The maximum absolute atomic E-state index is 12.8. The average molecular weight is 673 g/mol. The van der Waals surface area contributed by atoms with Gasteiger partial charge in [-0.15, -0.1) is 12.4 Å². The Balaban J connectivity index is 0.00000441. The summed E-state index contributed by atoms with van der Waals surface area (Å²) in [4.78, 5) is 41.2. The Bertz CT molecular complexity index is 1600. The third-order valence-electron chi connectivity index (χ3n) is 5.70. The number of carbonyl (C=O) groups is 2. The molecular weight excluding hydrogens is 651 g/mol. The minimum atomic E-state index is -0.705. The zero-order valence-corrected chi connectivity index (χ0v) is 24.9. The van der Waals surface area contributed by atoms with Crippen molar-refractivity contribution in [1.29, 1.82) is 0 Å². The standard InChI is InChI=1S/C25H21BrCl2N6O5.ClH/c1-14-23(26)33-10-4-7-20(24(33)30-14)39-13-17-18(27)8-9-19(22(17)28)32(2)21(35)12-29-25(36)31-15-5-3-6-16(11-15)34(37)38;/h3-11H,12-13H2,1-2H3,(H2,29,31,36);1H. The van der Waals surface area contributed by atoms with Gasteiger partial charge < -0.3 is 20.3 Å². The van der Waals surface area contributed by atoms with E-state index < -0.39 is 16.9 Å². The predicted molar refractivity (Wildman–Crippen MR) is 159 cm³/mol. The number of carbonyl (C=O) groups excluding carboxylic acids is 2. The number of ether oxygens (including phenoxy) is 1. The fourth-order valence-electron chi connectivity index (χ4n) is 3.65. The summed E-state index contributed by atoms with van der Waals surface area (Å²) >= 11 is 16.5. The number of hydrogen-bond acceptors (Lipinski definition) is 6. The maximum atomic E-state index is 12.8. The first kappa shape index (κ1) is 31.0. The van der Waals surface area contributed by atoms with Gasteiger partial charge in [-0.2, -0.15) is 0 Å². The highest BCUT2D eigenvalue weighted by molar-refractivity contribution is 9.10. The van der Waals surface area contributed by atoms with E-state index in [4.69, 9.17) is 27.9 Å². The molecule has 0 aliphatic carbocycles. The number of pyridine rings is 1. The normalized spacial score (nSPS) is 10.5. The van der Waals surface area contributed by atoms with Gasteiger partial charge in [0.2, 0.25) is 5.91 Å². The Morgan fingerprint density at radius 3 is 2.67 bits per heavy atom. The molecule has 2 heterocycles. The van der Waals surface area contributed by atoms with Crippen LogP contribution in [0.1, 0.15) is 11.3 Å². The number of benzene rings is 2. The summed E-state index contributed by atoms with van der Waals surface area (Å²) in [5.74, 6) is 0.0509. The van der Waals surface area contributed by atoms with Crippen LogP contribution < -0.4 is 20.3 Å². The number of nitrogens with zero attached hydrogens (tertiary/aromatic N) is 4. The second-order valence-electron chi connectivity index (χ2n) is 8.27. The molecule has 0 fully saturated rings. The van der Waals surface area contributed by atoms with E-state index in [0.29, 0.717) is 27.7 Å². The number of imidazole rings is 1. The molecule has 15 heteroatoms. The third kappa shape index (κ3) is 6.76. The summed E-state index contributed by atoms with van der Waals surface area (Å²) in [5, 5.41) is 16.4. The Hall–Kier alpha value is -3.58. The van der Waals surface area contributed by atoms with Gasteiger partial charge >= 0.3 is 6.03 Å². The first-order valence-corrected chi connectivity index (χ1v) is 12.9. The monoisotopic (exact) mass is 670 g/mol. The molecule has 11 nitrogen and oxygen atoms in total. The largest absolute Gasteiger partial charge is 0.485 e. The van der Waals surface area contributed by atoms with Crippen LogP contribution in [-0.4, -0.2) is 39.8 Å². The van der Waals surface area contributed by atoms with Gasteiger partial charge in [-0.25, -0.2) is 9.78 Å². The quantitative estimate of drug-likeness (QED) is 0.164. The molecule has 4 rings (SSSR count). The number of non-ortho nitro benzene ring substituents is 1. The highest BCUT2D eigenvalue weighted by atomic mass is 79.9. The van der Waals surface area contributed by atoms with Gasteiger partial charge in [0, 0.05) is 41.7 Å². The van der Waals surface area contributed by atoms with Crippen molar-refractivity contribution in [2.75, 3.05) is 23.8 Å². The Kier molecular flexibility index (Phi) is 10.2. The second-order valence-corrected chi connectivity index (χ2v) is 9.81.